The van der Waals surface area contributed by atoms with Crippen molar-refractivity contribution in [2.45, 2.75) is 13.0 Å². The Kier molecular flexibility index (Phi) is 5.49. The first-order valence-electron chi connectivity index (χ1n) is 11.0. The number of nitrogens with zero attached hydrogens (tertiary/aromatic N) is 2. The minimum absolute atomic E-state index is 0.0370. The second-order valence-corrected chi connectivity index (χ2v) is 8.23. The number of carbonyl (C=O) groups excluding carboxylic acids is 2. The number of anilines is 1. The van der Waals surface area contributed by atoms with Crippen molar-refractivity contribution in [1.82, 2.24) is 9.97 Å². The molecule has 1 aliphatic rings. The molecule has 1 unspecified atom stereocenters. The highest BCUT2D eigenvalue weighted by Gasteiger charge is 2.48. The van der Waals surface area contributed by atoms with E-state index in [2.05, 4.69) is 9.97 Å². The van der Waals surface area contributed by atoms with Gasteiger partial charge in [0.25, 0.3) is 5.78 Å². The van der Waals surface area contributed by atoms with Crippen molar-refractivity contribution in [3.8, 4) is 11.5 Å². The molecule has 2 heterocycles. The van der Waals surface area contributed by atoms with E-state index in [1.54, 1.807) is 30.3 Å². The number of hydrogen-bond acceptors (Lipinski definition) is 6. The van der Waals surface area contributed by atoms with Gasteiger partial charge in [-0.05, 0) is 48.4 Å². The third-order valence-corrected chi connectivity index (χ3v) is 6.07. The van der Waals surface area contributed by atoms with Crippen molar-refractivity contribution in [3.63, 3.8) is 0 Å². The van der Waals surface area contributed by atoms with Gasteiger partial charge in [0, 0.05) is 5.56 Å². The lowest BCUT2D eigenvalue weighted by Gasteiger charge is -2.23. The van der Waals surface area contributed by atoms with Crippen molar-refractivity contribution in [3.05, 3.63) is 89.0 Å². The summed E-state index contributed by atoms with van der Waals surface area (Å²) >= 11 is 0. The van der Waals surface area contributed by atoms with Gasteiger partial charge in [0.15, 0.2) is 11.5 Å². The molecule has 5 rings (SSSR count). The van der Waals surface area contributed by atoms with Crippen molar-refractivity contribution < 1.29 is 24.2 Å². The Balaban J connectivity index is 1.71. The Morgan fingerprint density at radius 3 is 2.43 bits per heavy atom. The van der Waals surface area contributed by atoms with Gasteiger partial charge in [-0.2, -0.15) is 0 Å². The van der Waals surface area contributed by atoms with Gasteiger partial charge in [0.05, 0.1) is 36.9 Å². The van der Waals surface area contributed by atoms with Crippen LogP contribution in [0.5, 0.6) is 11.5 Å². The van der Waals surface area contributed by atoms with Crippen molar-refractivity contribution >= 4 is 34.4 Å². The minimum atomic E-state index is -0.883. The summed E-state index contributed by atoms with van der Waals surface area (Å²) in [5.41, 5.74) is 3.38. The number of aliphatic hydroxyl groups excluding tert-OH is 1. The number of fused-ring (bicyclic) bond motifs is 1. The van der Waals surface area contributed by atoms with Crippen LogP contribution in [0.4, 0.5) is 5.95 Å². The van der Waals surface area contributed by atoms with Gasteiger partial charge in [0.1, 0.15) is 5.76 Å². The molecule has 1 fully saturated rings. The predicted octanol–water partition coefficient (Wildman–Crippen LogP) is 4.51. The van der Waals surface area contributed by atoms with E-state index in [0.717, 1.165) is 11.1 Å². The number of carbonyl (C=O) groups is 2. The Hall–Kier alpha value is -4.59. The first kappa shape index (κ1) is 22.2. The fourth-order valence-electron chi connectivity index (χ4n) is 4.36. The summed E-state index contributed by atoms with van der Waals surface area (Å²) in [5.74, 6) is -0.809. The number of rotatable bonds is 5. The molecule has 2 N–H and O–H groups in total. The van der Waals surface area contributed by atoms with Crippen LogP contribution in [0, 0.1) is 6.92 Å². The van der Waals surface area contributed by atoms with Crippen LogP contribution in [0.25, 0.3) is 16.8 Å². The molecule has 176 valence electrons. The highest BCUT2D eigenvalue weighted by molar-refractivity contribution is 6.51. The summed E-state index contributed by atoms with van der Waals surface area (Å²) in [6.07, 6.45) is 0. The lowest BCUT2D eigenvalue weighted by molar-refractivity contribution is -0.132. The summed E-state index contributed by atoms with van der Waals surface area (Å²) in [6.45, 7) is 1.96. The number of ether oxygens (including phenoxy) is 2. The minimum Gasteiger partial charge on any atom is -0.507 e. The molecule has 4 aromatic rings. The van der Waals surface area contributed by atoms with Gasteiger partial charge < -0.3 is 19.6 Å². The fraction of sp³-hybridized carbons (Fsp3) is 0.148. The Labute approximate surface area is 201 Å². The number of ketones is 1. The lowest BCUT2D eigenvalue weighted by Crippen LogP contribution is -2.30. The Morgan fingerprint density at radius 2 is 1.71 bits per heavy atom. The molecular formula is C27H23N3O5. The van der Waals surface area contributed by atoms with Crippen molar-refractivity contribution in [2.24, 2.45) is 0 Å². The zero-order chi connectivity index (χ0) is 24.7. The number of aryl methyl sites for hydroxylation is 1. The Bertz CT molecular complexity index is 1490. The van der Waals surface area contributed by atoms with E-state index in [1.165, 1.54) is 19.1 Å². The number of Topliss-reactive ketones (excluding diaryl/α,β-unsaturated/α-hetero) is 1. The van der Waals surface area contributed by atoms with Gasteiger partial charge in [-0.15, -0.1) is 0 Å². The van der Waals surface area contributed by atoms with Crippen LogP contribution >= 0.6 is 0 Å². The second kappa shape index (κ2) is 8.64. The predicted molar refractivity (Wildman–Crippen MR) is 132 cm³/mol. The summed E-state index contributed by atoms with van der Waals surface area (Å²) in [5, 5.41) is 11.3. The topological polar surface area (TPSA) is 105 Å². The molecule has 1 atom stereocenters. The highest BCUT2D eigenvalue weighted by atomic mass is 16.5. The zero-order valence-electron chi connectivity index (χ0n) is 19.4. The molecular weight excluding hydrogens is 446 g/mol. The van der Waals surface area contributed by atoms with E-state index in [9.17, 15) is 14.7 Å². The van der Waals surface area contributed by atoms with Gasteiger partial charge in [-0.25, -0.2) is 4.98 Å². The average Bonchev–Trinajstić information content (AvgIpc) is 3.41. The number of H-pyrrole nitrogens is 1. The number of aromatic nitrogens is 2. The average molecular weight is 469 g/mol. The van der Waals surface area contributed by atoms with Crippen LogP contribution in [0.2, 0.25) is 0 Å². The van der Waals surface area contributed by atoms with Crippen LogP contribution < -0.4 is 14.4 Å². The number of hydrogen-bond donors (Lipinski definition) is 2. The van der Waals surface area contributed by atoms with E-state index in [0.29, 0.717) is 28.1 Å². The maximum atomic E-state index is 13.3. The Morgan fingerprint density at radius 1 is 0.971 bits per heavy atom. The van der Waals surface area contributed by atoms with E-state index >= 15 is 0 Å². The van der Waals surface area contributed by atoms with E-state index in [-0.39, 0.29) is 17.3 Å². The molecule has 1 aromatic heterocycles. The molecule has 0 bridgehead atoms. The molecule has 8 heteroatoms. The lowest BCUT2D eigenvalue weighted by atomic mass is 9.95. The van der Waals surface area contributed by atoms with E-state index in [4.69, 9.17) is 9.47 Å². The van der Waals surface area contributed by atoms with Gasteiger partial charge in [-0.3, -0.25) is 14.5 Å². The molecule has 8 nitrogen and oxygen atoms in total. The smallest absolute Gasteiger partial charge is 0.302 e. The van der Waals surface area contributed by atoms with Crippen molar-refractivity contribution in [1.29, 1.82) is 0 Å². The summed E-state index contributed by atoms with van der Waals surface area (Å²) in [7, 11) is 2.99. The molecule has 35 heavy (non-hydrogen) atoms. The summed E-state index contributed by atoms with van der Waals surface area (Å²) in [4.78, 5) is 35.7. The second-order valence-electron chi connectivity index (χ2n) is 8.23. The number of benzene rings is 3. The van der Waals surface area contributed by atoms with Crippen LogP contribution in [-0.2, 0) is 9.59 Å². The number of amides is 1. The number of imidazole rings is 1. The first-order valence-corrected chi connectivity index (χ1v) is 11.0. The standard InChI is InChI=1S/C27H23N3O5/c1-15-9-11-18-19(13-15)29-27(28-18)30-23(16-7-5-4-6-8-16)22(25(32)26(30)33)24(31)17-10-12-20(34-2)21(14-17)35-3/h4-14,23,31H,1-3H3,(H,28,29)/b24-22+. The van der Waals surface area contributed by atoms with Crippen LogP contribution in [0.3, 0.4) is 0 Å². The molecule has 0 radical (unpaired) electrons. The molecule has 1 aliphatic heterocycles. The summed E-state index contributed by atoms with van der Waals surface area (Å²) in [6, 6.07) is 18.7. The van der Waals surface area contributed by atoms with Gasteiger partial charge >= 0.3 is 5.91 Å². The molecule has 0 spiro atoms. The van der Waals surface area contributed by atoms with Crippen molar-refractivity contribution in [2.75, 3.05) is 19.1 Å². The number of methoxy groups -OCH3 is 2. The molecule has 0 aliphatic carbocycles. The normalized spacial score (nSPS) is 17.2. The third kappa shape index (κ3) is 3.69. The number of aliphatic hydroxyl groups is 1. The van der Waals surface area contributed by atoms with Crippen LogP contribution in [0.1, 0.15) is 22.7 Å². The largest absolute Gasteiger partial charge is 0.507 e. The number of aromatic amines is 1. The zero-order valence-corrected chi connectivity index (χ0v) is 19.4. The first-order chi connectivity index (χ1) is 16.9. The fourth-order valence-corrected chi connectivity index (χ4v) is 4.36. The van der Waals surface area contributed by atoms with Crippen LogP contribution in [-0.4, -0.2) is 41.0 Å². The molecule has 1 amide bonds. The molecule has 1 saturated heterocycles. The highest BCUT2D eigenvalue weighted by Crippen LogP contribution is 2.42. The summed E-state index contributed by atoms with van der Waals surface area (Å²) < 4.78 is 10.6. The third-order valence-electron chi connectivity index (χ3n) is 6.07. The molecule has 3 aromatic carbocycles. The van der Waals surface area contributed by atoms with Gasteiger partial charge in [0.2, 0.25) is 5.95 Å². The molecule has 0 saturated carbocycles. The van der Waals surface area contributed by atoms with E-state index in [1.807, 2.05) is 43.3 Å². The number of nitrogens with one attached hydrogen (secondary N) is 1. The van der Waals surface area contributed by atoms with E-state index < -0.39 is 17.7 Å². The quantitative estimate of drug-likeness (QED) is 0.253. The monoisotopic (exact) mass is 469 g/mol. The maximum absolute atomic E-state index is 13.3. The maximum Gasteiger partial charge on any atom is 0.302 e. The SMILES string of the molecule is COc1ccc(/C(O)=C2\C(=O)C(=O)N(c3nc4ccc(C)cc4[nH]3)C2c2ccccc2)cc1OC. The van der Waals surface area contributed by atoms with Gasteiger partial charge in [-0.1, -0.05) is 36.4 Å². The van der Waals surface area contributed by atoms with Crippen LogP contribution in [0.15, 0.2) is 72.3 Å².